The summed E-state index contributed by atoms with van der Waals surface area (Å²) in [6.45, 7) is 7.48. The Balaban J connectivity index is 2.21. The summed E-state index contributed by atoms with van der Waals surface area (Å²) in [6.07, 6.45) is 0.905. The third-order valence-electron chi connectivity index (χ3n) is 4.38. The number of amides is 1. The quantitative estimate of drug-likeness (QED) is 0.870. The van der Waals surface area contributed by atoms with Crippen LogP contribution in [0.2, 0.25) is 0 Å². The Labute approximate surface area is 127 Å². The maximum atomic E-state index is 13.0. The Hall–Kier alpha value is -1.39. The summed E-state index contributed by atoms with van der Waals surface area (Å²) in [5, 5.41) is 9.27. The van der Waals surface area contributed by atoms with Crippen molar-refractivity contribution in [2.45, 2.75) is 26.3 Å². The molecule has 0 bridgehead atoms. The van der Waals surface area contributed by atoms with Crippen LogP contribution in [0.1, 0.15) is 31.9 Å². The van der Waals surface area contributed by atoms with E-state index in [-0.39, 0.29) is 24.5 Å². The van der Waals surface area contributed by atoms with Gasteiger partial charge in [-0.1, -0.05) is 44.2 Å². The van der Waals surface area contributed by atoms with Crippen LogP contribution < -0.4 is 0 Å². The van der Waals surface area contributed by atoms with Crippen LogP contribution in [0.5, 0.6) is 0 Å². The lowest BCUT2D eigenvalue weighted by molar-refractivity contribution is -0.136. The number of hydrogen-bond donors (Lipinski definition) is 1. The van der Waals surface area contributed by atoms with E-state index in [1.54, 1.807) is 0 Å². The molecule has 4 nitrogen and oxygen atoms in total. The van der Waals surface area contributed by atoms with E-state index in [0.717, 1.165) is 31.6 Å². The highest BCUT2D eigenvalue weighted by Gasteiger charge is 2.33. The maximum absolute atomic E-state index is 13.0. The normalized spacial score (nSPS) is 20.0. The van der Waals surface area contributed by atoms with Gasteiger partial charge in [0.2, 0.25) is 5.91 Å². The van der Waals surface area contributed by atoms with Crippen molar-refractivity contribution in [3.05, 3.63) is 35.9 Å². The van der Waals surface area contributed by atoms with Crippen molar-refractivity contribution < 1.29 is 9.90 Å². The molecule has 1 aromatic carbocycles. The van der Waals surface area contributed by atoms with E-state index in [0.29, 0.717) is 6.54 Å². The number of nitrogens with zero attached hydrogens (tertiary/aromatic N) is 2. The van der Waals surface area contributed by atoms with E-state index in [4.69, 9.17) is 0 Å². The fourth-order valence-electron chi connectivity index (χ4n) is 3.09. The van der Waals surface area contributed by atoms with Gasteiger partial charge >= 0.3 is 0 Å². The number of hydrogen-bond acceptors (Lipinski definition) is 3. The monoisotopic (exact) mass is 290 g/mol. The molecule has 1 aliphatic heterocycles. The topological polar surface area (TPSA) is 43.8 Å². The lowest BCUT2D eigenvalue weighted by Gasteiger charge is -2.32. The summed E-state index contributed by atoms with van der Waals surface area (Å²) in [7, 11) is 0. The van der Waals surface area contributed by atoms with E-state index >= 15 is 0 Å². The average molecular weight is 290 g/mol. The lowest BCUT2D eigenvalue weighted by Crippen LogP contribution is -2.42. The molecule has 0 aromatic heterocycles. The van der Waals surface area contributed by atoms with Crippen LogP contribution >= 0.6 is 0 Å². The molecule has 1 aliphatic rings. The number of carbonyl (C=O) groups excluding carboxylic acids is 1. The van der Waals surface area contributed by atoms with Gasteiger partial charge in [-0.05, 0) is 25.1 Å². The fourth-order valence-corrected chi connectivity index (χ4v) is 3.09. The van der Waals surface area contributed by atoms with E-state index in [1.165, 1.54) is 0 Å². The zero-order chi connectivity index (χ0) is 15.2. The predicted octanol–water partition coefficient (Wildman–Crippen LogP) is 1.91. The molecule has 4 heteroatoms. The first-order valence-corrected chi connectivity index (χ1v) is 7.89. The average Bonchev–Trinajstić information content (AvgIpc) is 3.02. The van der Waals surface area contributed by atoms with Crippen LogP contribution in [0.4, 0.5) is 0 Å². The van der Waals surface area contributed by atoms with Gasteiger partial charge in [0.25, 0.3) is 0 Å². The first-order valence-electron chi connectivity index (χ1n) is 7.89. The fraction of sp³-hybridized carbons (Fsp3) is 0.588. The molecule has 0 aliphatic carbocycles. The van der Waals surface area contributed by atoms with Crippen LogP contribution in [0.3, 0.4) is 0 Å². The van der Waals surface area contributed by atoms with E-state index in [1.807, 2.05) is 35.2 Å². The Morgan fingerprint density at radius 1 is 1.33 bits per heavy atom. The van der Waals surface area contributed by atoms with Gasteiger partial charge in [0.05, 0.1) is 0 Å². The highest BCUT2D eigenvalue weighted by Crippen LogP contribution is 2.26. The predicted molar refractivity (Wildman–Crippen MR) is 83.9 cm³/mol. The molecule has 0 radical (unpaired) electrons. The second-order valence-corrected chi connectivity index (χ2v) is 5.66. The summed E-state index contributed by atoms with van der Waals surface area (Å²) < 4.78 is 0. The molecule has 2 atom stereocenters. The Morgan fingerprint density at radius 2 is 2.00 bits per heavy atom. The zero-order valence-corrected chi connectivity index (χ0v) is 13.0. The van der Waals surface area contributed by atoms with Gasteiger partial charge in [0.1, 0.15) is 6.04 Å². The van der Waals surface area contributed by atoms with Crippen LogP contribution in [0.15, 0.2) is 30.3 Å². The molecular formula is C17H26N2O2. The molecule has 116 valence electrons. The molecule has 1 aromatic rings. The van der Waals surface area contributed by atoms with Crippen molar-refractivity contribution in [2.75, 3.05) is 32.8 Å². The molecule has 21 heavy (non-hydrogen) atoms. The van der Waals surface area contributed by atoms with E-state index < -0.39 is 0 Å². The van der Waals surface area contributed by atoms with Crippen molar-refractivity contribution in [3.63, 3.8) is 0 Å². The minimum atomic E-state index is -0.210. The number of aliphatic hydroxyl groups is 1. The molecule has 1 saturated heterocycles. The highest BCUT2D eigenvalue weighted by atomic mass is 16.3. The Kier molecular flexibility index (Phi) is 5.76. The van der Waals surface area contributed by atoms with Gasteiger partial charge in [0, 0.05) is 25.6 Å². The smallest absolute Gasteiger partial charge is 0.244 e. The molecule has 1 fully saturated rings. The van der Waals surface area contributed by atoms with Gasteiger partial charge in [0.15, 0.2) is 0 Å². The number of aliphatic hydroxyl groups excluding tert-OH is 1. The summed E-state index contributed by atoms with van der Waals surface area (Å²) >= 11 is 0. The number of likely N-dealkylation sites (N-methyl/N-ethyl adjacent to an activating group) is 1. The second-order valence-electron chi connectivity index (χ2n) is 5.66. The van der Waals surface area contributed by atoms with Crippen molar-refractivity contribution in [1.82, 2.24) is 9.80 Å². The van der Waals surface area contributed by atoms with Gasteiger partial charge < -0.3 is 10.0 Å². The molecule has 0 saturated carbocycles. The summed E-state index contributed by atoms with van der Waals surface area (Å²) in [5.74, 6) is 0.405. The van der Waals surface area contributed by atoms with Crippen LogP contribution in [-0.2, 0) is 4.79 Å². The van der Waals surface area contributed by atoms with Gasteiger partial charge in [-0.15, -0.1) is 0 Å². The van der Waals surface area contributed by atoms with Crippen LogP contribution in [0, 0.1) is 5.92 Å². The molecule has 1 heterocycles. The van der Waals surface area contributed by atoms with Crippen molar-refractivity contribution in [1.29, 1.82) is 0 Å². The first kappa shape index (κ1) is 16.0. The largest absolute Gasteiger partial charge is 0.396 e. The molecule has 1 amide bonds. The van der Waals surface area contributed by atoms with Crippen LogP contribution in [0.25, 0.3) is 0 Å². The molecule has 0 spiro atoms. The van der Waals surface area contributed by atoms with Crippen molar-refractivity contribution in [3.8, 4) is 0 Å². The zero-order valence-electron chi connectivity index (χ0n) is 13.0. The molecule has 1 N–H and O–H groups in total. The second kappa shape index (κ2) is 7.57. The van der Waals surface area contributed by atoms with Crippen LogP contribution in [-0.4, -0.2) is 53.6 Å². The minimum absolute atomic E-state index is 0.167. The SMILES string of the molecule is CCN(CC)C(C(=O)N1CCC(CO)C1)c1ccccc1. The minimum Gasteiger partial charge on any atom is -0.396 e. The van der Waals surface area contributed by atoms with E-state index in [9.17, 15) is 9.90 Å². The molecule has 2 unspecified atom stereocenters. The van der Waals surface area contributed by atoms with Gasteiger partial charge in [-0.25, -0.2) is 0 Å². The highest BCUT2D eigenvalue weighted by molar-refractivity contribution is 5.83. The van der Waals surface area contributed by atoms with Gasteiger partial charge in [-0.2, -0.15) is 0 Å². The third kappa shape index (κ3) is 3.63. The molecular weight excluding hydrogens is 264 g/mol. The lowest BCUT2D eigenvalue weighted by atomic mass is 10.0. The number of benzene rings is 1. The summed E-state index contributed by atoms with van der Waals surface area (Å²) in [6, 6.07) is 9.80. The number of carbonyl (C=O) groups is 1. The first-order chi connectivity index (χ1) is 10.2. The third-order valence-corrected chi connectivity index (χ3v) is 4.38. The van der Waals surface area contributed by atoms with Gasteiger partial charge in [-0.3, -0.25) is 9.69 Å². The summed E-state index contributed by atoms with van der Waals surface area (Å²) in [5.41, 5.74) is 1.05. The number of rotatable bonds is 6. The van der Waals surface area contributed by atoms with Crippen molar-refractivity contribution in [2.24, 2.45) is 5.92 Å². The Morgan fingerprint density at radius 3 is 2.52 bits per heavy atom. The maximum Gasteiger partial charge on any atom is 0.244 e. The number of likely N-dealkylation sites (tertiary alicyclic amines) is 1. The standard InChI is InChI=1S/C17H26N2O2/c1-3-18(4-2)16(15-8-6-5-7-9-15)17(21)19-11-10-14(12-19)13-20/h5-9,14,16,20H,3-4,10-13H2,1-2H3. The van der Waals surface area contributed by atoms with E-state index in [2.05, 4.69) is 18.7 Å². The molecule has 2 rings (SSSR count). The van der Waals surface area contributed by atoms with Crippen molar-refractivity contribution >= 4 is 5.91 Å². The Bertz CT molecular complexity index is 445. The summed E-state index contributed by atoms with van der Waals surface area (Å²) in [4.78, 5) is 17.1.